The number of benzene rings is 2. The lowest BCUT2D eigenvalue weighted by atomic mass is 10.1. The lowest BCUT2D eigenvalue weighted by Crippen LogP contribution is -2.25. The molecule has 1 unspecified atom stereocenters. The molecule has 4 rings (SSSR count). The third kappa shape index (κ3) is 4.74. The Morgan fingerprint density at radius 3 is 2.84 bits per heavy atom. The van der Waals surface area contributed by atoms with E-state index in [0.29, 0.717) is 35.6 Å². The van der Waals surface area contributed by atoms with Crippen molar-refractivity contribution in [1.82, 2.24) is 14.8 Å². The van der Waals surface area contributed by atoms with Gasteiger partial charge in [0.25, 0.3) is 0 Å². The normalized spacial score (nSPS) is 14.8. The molecule has 1 N–H and O–H groups in total. The molecule has 0 spiro atoms. The van der Waals surface area contributed by atoms with Crippen molar-refractivity contribution in [3.8, 4) is 11.5 Å². The summed E-state index contributed by atoms with van der Waals surface area (Å²) in [6, 6.07) is 13.5. The minimum Gasteiger partial charge on any atom is -0.485 e. The summed E-state index contributed by atoms with van der Waals surface area (Å²) in [6.07, 6.45) is 1.38. The third-order valence-corrected chi connectivity index (χ3v) is 5.81. The number of aryl methyl sites for hydroxylation is 2. The molecular weight excluding hydrogens is 412 g/mol. The average molecular weight is 437 g/mol. The Balaban J connectivity index is 1.45. The number of amides is 1. The van der Waals surface area contributed by atoms with Crippen molar-refractivity contribution in [2.24, 2.45) is 0 Å². The van der Waals surface area contributed by atoms with E-state index in [4.69, 9.17) is 9.47 Å². The fraction of sp³-hybridized carbons (Fsp3) is 0.261. The summed E-state index contributed by atoms with van der Waals surface area (Å²) in [6.45, 7) is 8.68. The summed E-state index contributed by atoms with van der Waals surface area (Å²) in [5.74, 6) is 2.15. The van der Waals surface area contributed by atoms with Crippen molar-refractivity contribution in [3.63, 3.8) is 0 Å². The lowest BCUT2D eigenvalue weighted by Gasteiger charge is -2.26. The predicted molar refractivity (Wildman–Crippen MR) is 121 cm³/mol. The molecule has 2 aromatic carbocycles. The minimum absolute atomic E-state index is 0.0992. The smallest absolute Gasteiger partial charge is 0.234 e. The first-order valence-electron chi connectivity index (χ1n) is 9.97. The molecule has 1 amide bonds. The number of nitrogens with zero attached hydrogens (tertiary/aromatic N) is 3. The number of ether oxygens (including phenoxy) is 2. The van der Waals surface area contributed by atoms with Crippen LogP contribution in [0.25, 0.3) is 0 Å². The van der Waals surface area contributed by atoms with Crippen LogP contribution in [0.1, 0.15) is 23.1 Å². The van der Waals surface area contributed by atoms with Gasteiger partial charge in [-0.2, -0.15) is 0 Å². The zero-order valence-corrected chi connectivity index (χ0v) is 18.3. The van der Waals surface area contributed by atoms with E-state index in [1.165, 1.54) is 11.8 Å². The van der Waals surface area contributed by atoms with Gasteiger partial charge in [0.2, 0.25) is 5.91 Å². The van der Waals surface area contributed by atoms with Crippen molar-refractivity contribution in [2.75, 3.05) is 17.7 Å². The van der Waals surface area contributed by atoms with Crippen LogP contribution < -0.4 is 14.8 Å². The van der Waals surface area contributed by atoms with Crippen molar-refractivity contribution in [2.45, 2.75) is 31.7 Å². The summed E-state index contributed by atoms with van der Waals surface area (Å²) >= 11 is 1.33. The van der Waals surface area contributed by atoms with Gasteiger partial charge in [0.1, 0.15) is 6.61 Å². The molecule has 31 heavy (non-hydrogen) atoms. The molecular formula is C23H24N4O3S. The number of fused-ring (bicyclic) bond motifs is 1. The number of para-hydroxylation sites is 2. The van der Waals surface area contributed by atoms with Gasteiger partial charge in [-0.1, -0.05) is 47.7 Å². The minimum atomic E-state index is -0.388. The Morgan fingerprint density at radius 2 is 2.06 bits per heavy atom. The van der Waals surface area contributed by atoms with Crippen molar-refractivity contribution < 1.29 is 14.3 Å². The monoisotopic (exact) mass is 436 g/mol. The Labute approximate surface area is 185 Å². The standard InChI is InChI=1S/C23H24N4O3S/c1-4-11-27-22(20-13-29-18-7-5-6-8-19(18)30-20)25-26-23(27)31-14-21(28)24-17-10-9-15(2)12-16(17)3/h4-10,12,20H,1,11,13-14H2,2-3H3,(H,24,28). The molecule has 1 aliphatic rings. The molecule has 1 aromatic heterocycles. The van der Waals surface area contributed by atoms with Crippen molar-refractivity contribution in [1.29, 1.82) is 0 Å². The quantitative estimate of drug-likeness (QED) is 0.439. The number of rotatable bonds is 7. The molecule has 0 aliphatic carbocycles. The summed E-state index contributed by atoms with van der Waals surface area (Å²) in [7, 11) is 0. The zero-order chi connectivity index (χ0) is 21.8. The van der Waals surface area contributed by atoms with Crippen molar-refractivity contribution in [3.05, 3.63) is 72.1 Å². The van der Waals surface area contributed by atoms with Gasteiger partial charge in [0.05, 0.1) is 5.75 Å². The summed E-state index contributed by atoms with van der Waals surface area (Å²) in [5, 5.41) is 12.2. The first-order chi connectivity index (χ1) is 15.0. The van der Waals surface area contributed by atoms with Gasteiger partial charge in [-0.15, -0.1) is 16.8 Å². The van der Waals surface area contributed by atoms with E-state index in [-0.39, 0.29) is 17.8 Å². The van der Waals surface area contributed by atoms with E-state index in [9.17, 15) is 4.79 Å². The number of hydrogen-bond acceptors (Lipinski definition) is 6. The maximum Gasteiger partial charge on any atom is 0.234 e. The highest BCUT2D eigenvalue weighted by molar-refractivity contribution is 7.99. The second kappa shape index (κ2) is 9.26. The molecule has 160 valence electrons. The highest BCUT2D eigenvalue weighted by atomic mass is 32.2. The highest BCUT2D eigenvalue weighted by Gasteiger charge is 2.28. The van der Waals surface area contributed by atoms with Gasteiger partial charge in [-0.25, -0.2) is 0 Å². The maximum absolute atomic E-state index is 12.5. The first-order valence-corrected chi connectivity index (χ1v) is 11.0. The largest absolute Gasteiger partial charge is 0.485 e. The van der Waals surface area contributed by atoms with E-state index in [1.807, 2.05) is 60.9 Å². The Kier molecular flexibility index (Phi) is 6.27. The summed E-state index contributed by atoms with van der Waals surface area (Å²) in [4.78, 5) is 12.5. The van der Waals surface area contributed by atoms with E-state index >= 15 is 0 Å². The van der Waals surface area contributed by atoms with Crippen LogP contribution >= 0.6 is 11.8 Å². The predicted octanol–water partition coefficient (Wildman–Crippen LogP) is 4.32. The highest BCUT2D eigenvalue weighted by Crippen LogP contribution is 2.36. The molecule has 0 saturated carbocycles. The molecule has 8 heteroatoms. The Morgan fingerprint density at radius 1 is 1.26 bits per heavy atom. The fourth-order valence-electron chi connectivity index (χ4n) is 3.36. The van der Waals surface area contributed by atoms with E-state index in [2.05, 4.69) is 22.1 Å². The topological polar surface area (TPSA) is 78.3 Å². The van der Waals surface area contributed by atoms with Gasteiger partial charge in [-0.05, 0) is 37.6 Å². The molecule has 0 bridgehead atoms. The summed E-state index contributed by atoms with van der Waals surface area (Å²) < 4.78 is 13.8. The molecule has 0 saturated heterocycles. The number of carbonyl (C=O) groups is 1. The average Bonchev–Trinajstić information content (AvgIpc) is 3.17. The number of nitrogens with one attached hydrogen (secondary N) is 1. The number of allylic oxidation sites excluding steroid dienone is 1. The van der Waals surface area contributed by atoms with E-state index in [1.54, 1.807) is 6.08 Å². The van der Waals surface area contributed by atoms with Crippen LogP contribution in [-0.2, 0) is 11.3 Å². The second-order valence-corrected chi connectivity index (χ2v) is 8.20. The molecule has 1 aliphatic heterocycles. The molecule has 1 atom stereocenters. The van der Waals surface area contributed by atoms with Crippen LogP contribution in [0.5, 0.6) is 11.5 Å². The number of aromatic nitrogens is 3. The van der Waals surface area contributed by atoms with Crippen LogP contribution in [0.3, 0.4) is 0 Å². The Bertz CT molecular complexity index is 1110. The van der Waals surface area contributed by atoms with Gasteiger partial charge in [-0.3, -0.25) is 9.36 Å². The maximum atomic E-state index is 12.5. The SMILES string of the molecule is C=CCn1c(SCC(=O)Nc2ccc(C)cc2C)nnc1C1COc2ccccc2O1. The van der Waals surface area contributed by atoms with Crippen LogP contribution in [0.2, 0.25) is 0 Å². The summed E-state index contributed by atoms with van der Waals surface area (Å²) in [5.41, 5.74) is 3.01. The molecule has 3 aromatic rings. The first kappa shape index (κ1) is 21.0. The van der Waals surface area contributed by atoms with Gasteiger partial charge >= 0.3 is 0 Å². The number of thioether (sulfide) groups is 1. The van der Waals surface area contributed by atoms with Crippen LogP contribution in [0.15, 0.2) is 60.3 Å². The van der Waals surface area contributed by atoms with Crippen molar-refractivity contribution >= 4 is 23.4 Å². The Hall–Kier alpha value is -3.26. The molecule has 0 radical (unpaired) electrons. The van der Waals surface area contributed by atoms with Gasteiger partial charge in [0.15, 0.2) is 28.6 Å². The molecule has 2 heterocycles. The van der Waals surface area contributed by atoms with Gasteiger partial charge < -0.3 is 14.8 Å². The molecule has 0 fully saturated rings. The van der Waals surface area contributed by atoms with Crippen LogP contribution in [-0.4, -0.2) is 33.0 Å². The van der Waals surface area contributed by atoms with Gasteiger partial charge in [0, 0.05) is 12.2 Å². The second-order valence-electron chi connectivity index (χ2n) is 7.26. The van der Waals surface area contributed by atoms with E-state index in [0.717, 1.165) is 16.8 Å². The van der Waals surface area contributed by atoms with Crippen LogP contribution in [0.4, 0.5) is 5.69 Å². The zero-order valence-electron chi connectivity index (χ0n) is 17.5. The fourth-order valence-corrected chi connectivity index (χ4v) is 4.12. The number of carbonyl (C=O) groups excluding carboxylic acids is 1. The molecule has 7 nitrogen and oxygen atoms in total. The lowest BCUT2D eigenvalue weighted by molar-refractivity contribution is -0.113. The third-order valence-electron chi connectivity index (χ3n) is 4.84. The van der Waals surface area contributed by atoms with E-state index < -0.39 is 0 Å². The number of hydrogen-bond donors (Lipinski definition) is 1. The number of anilines is 1. The van der Waals surface area contributed by atoms with Crippen LogP contribution in [0, 0.1) is 13.8 Å².